The lowest BCUT2D eigenvalue weighted by Crippen LogP contribution is -2.33. The molecule has 0 bridgehead atoms. The van der Waals surface area contributed by atoms with E-state index in [4.69, 9.17) is 23.2 Å². The first-order valence-corrected chi connectivity index (χ1v) is 12.8. The number of allylic oxidation sites excluding steroid dienone is 2. The molecule has 2 heterocycles. The van der Waals surface area contributed by atoms with E-state index >= 15 is 0 Å². The third-order valence-electron chi connectivity index (χ3n) is 5.65. The van der Waals surface area contributed by atoms with Crippen LogP contribution in [-0.2, 0) is 6.54 Å². The molecule has 0 unspecified atom stereocenters. The van der Waals surface area contributed by atoms with Gasteiger partial charge in [0, 0.05) is 33.6 Å². The van der Waals surface area contributed by atoms with Crippen LogP contribution in [-0.4, -0.2) is 6.54 Å². The molecule has 0 atom stereocenters. The highest BCUT2D eigenvalue weighted by atomic mass is 35.5. The molecule has 5 rings (SSSR count). The van der Waals surface area contributed by atoms with E-state index in [1.807, 2.05) is 35.2 Å². The molecule has 1 saturated carbocycles. The van der Waals surface area contributed by atoms with Crippen molar-refractivity contribution in [2.24, 2.45) is 5.92 Å². The standard InChI is InChI=1S/C24H23Cl2N2S2/c1-3-27-19-13-17(25)7-9-21(19)29-23(27)11-16(15-5-6-15)12-24-28(4-2)20-14-18(26)8-10-22(20)30-24/h7-15H,3-6H2,1-2H3/q+1. The molecule has 2 aliphatic rings. The summed E-state index contributed by atoms with van der Waals surface area (Å²) >= 11 is 16.2. The van der Waals surface area contributed by atoms with Crippen LogP contribution in [0.1, 0.15) is 31.7 Å². The van der Waals surface area contributed by atoms with Crippen molar-refractivity contribution in [2.75, 3.05) is 11.4 Å². The summed E-state index contributed by atoms with van der Waals surface area (Å²) in [6, 6.07) is 12.4. The van der Waals surface area contributed by atoms with Gasteiger partial charge in [-0.3, -0.25) is 0 Å². The summed E-state index contributed by atoms with van der Waals surface area (Å²) in [5, 5.41) is 4.17. The first-order valence-electron chi connectivity index (χ1n) is 10.4. The molecule has 0 saturated heterocycles. The molecule has 6 heteroatoms. The van der Waals surface area contributed by atoms with Gasteiger partial charge in [0.05, 0.1) is 10.7 Å². The maximum atomic E-state index is 6.27. The number of anilines is 1. The zero-order chi connectivity index (χ0) is 20.8. The maximum Gasteiger partial charge on any atom is 0.263 e. The normalized spacial score (nSPS) is 17.9. The number of hydrogen-bond acceptors (Lipinski definition) is 3. The highest BCUT2D eigenvalue weighted by Crippen LogP contribution is 2.49. The third kappa shape index (κ3) is 3.80. The Hall–Kier alpha value is -1.46. The van der Waals surface area contributed by atoms with E-state index in [0.717, 1.165) is 23.1 Å². The van der Waals surface area contributed by atoms with Crippen LogP contribution in [0.2, 0.25) is 10.0 Å². The van der Waals surface area contributed by atoms with Crippen LogP contribution in [0.25, 0.3) is 16.3 Å². The molecule has 2 aromatic carbocycles. The zero-order valence-corrected chi connectivity index (χ0v) is 20.1. The van der Waals surface area contributed by atoms with Crippen molar-refractivity contribution < 1.29 is 4.57 Å². The summed E-state index contributed by atoms with van der Waals surface area (Å²) < 4.78 is 3.66. The van der Waals surface area contributed by atoms with E-state index in [2.05, 4.69) is 59.7 Å². The fraction of sp³-hybridized carbons (Fsp3) is 0.292. The summed E-state index contributed by atoms with van der Waals surface area (Å²) in [7, 11) is 0. The number of nitrogens with zero attached hydrogens (tertiary/aromatic N) is 2. The number of benzene rings is 2. The molecule has 30 heavy (non-hydrogen) atoms. The number of fused-ring (bicyclic) bond motifs is 2. The molecule has 2 nitrogen and oxygen atoms in total. The fourth-order valence-corrected chi connectivity index (χ4v) is 6.66. The molecule has 154 valence electrons. The number of rotatable bonds is 5. The van der Waals surface area contributed by atoms with Gasteiger partial charge in [-0.15, -0.1) is 0 Å². The van der Waals surface area contributed by atoms with Gasteiger partial charge >= 0.3 is 0 Å². The molecule has 0 spiro atoms. The SMILES string of the molecule is CCN1/C(=C/C(=C/c2sc3ccc(Cl)cc3[n+]2CC)C2CC2)Sc2ccc(Cl)cc21. The van der Waals surface area contributed by atoms with E-state index in [9.17, 15) is 0 Å². The molecule has 1 fully saturated rings. The minimum atomic E-state index is 0.656. The van der Waals surface area contributed by atoms with Crippen molar-refractivity contribution in [1.29, 1.82) is 0 Å². The Morgan fingerprint density at radius 3 is 2.63 bits per heavy atom. The van der Waals surface area contributed by atoms with Crippen LogP contribution in [0.3, 0.4) is 0 Å². The van der Waals surface area contributed by atoms with Gasteiger partial charge in [0.15, 0.2) is 0 Å². The molecule has 0 radical (unpaired) electrons. The van der Waals surface area contributed by atoms with Gasteiger partial charge in [-0.05, 0) is 74.6 Å². The largest absolute Gasteiger partial charge is 0.335 e. The van der Waals surface area contributed by atoms with Gasteiger partial charge in [-0.2, -0.15) is 4.57 Å². The molecule has 0 N–H and O–H groups in total. The van der Waals surface area contributed by atoms with Gasteiger partial charge in [0.1, 0.15) is 11.2 Å². The molecule has 1 aromatic heterocycles. The fourth-order valence-electron chi connectivity index (χ4n) is 3.99. The van der Waals surface area contributed by atoms with Crippen LogP contribution < -0.4 is 9.47 Å². The Morgan fingerprint density at radius 2 is 1.90 bits per heavy atom. The quantitative estimate of drug-likeness (QED) is 0.349. The van der Waals surface area contributed by atoms with Crippen molar-refractivity contribution in [3.63, 3.8) is 0 Å². The predicted octanol–water partition coefficient (Wildman–Crippen LogP) is 7.78. The van der Waals surface area contributed by atoms with Crippen LogP contribution in [0.15, 0.2) is 58.0 Å². The van der Waals surface area contributed by atoms with Gasteiger partial charge < -0.3 is 4.90 Å². The van der Waals surface area contributed by atoms with Crippen molar-refractivity contribution in [1.82, 2.24) is 0 Å². The number of hydrogen-bond donors (Lipinski definition) is 0. The van der Waals surface area contributed by atoms with E-state index in [0.29, 0.717) is 5.92 Å². The van der Waals surface area contributed by atoms with E-state index < -0.39 is 0 Å². The van der Waals surface area contributed by atoms with Gasteiger partial charge in [0.25, 0.3) is 5.01 Å². The lowest BCUT2D eigenvalue weighted by atomic mass is 10.1. The second-order valence-corrected chi connectivity index (χ2v) is 10.7. The third-order valence-corrected chi connectivity index (χ3v) is 8.34. The van der Waals surface area contributed by atoms with Gasteiger partial charge in [0.2, 0.25) is 5.52 Å². The second-order valence-electron chi connectivity index (χ2n) is 7.66. The van der Waals surface area contributed by atoms with Gasteiger partial charge in [-0.1, -0.05) is 46.3 Å². The van der Waals surface area contributed by atoms with Crippen molar-refractivity contribution >= 4 is 68.3 Å². The van der Waals surface area contributed by atoms with Gasteiger partial charge in [-0.25, -0.2) is 0 Å². The topological polar surface area (TPSA) is 7.12 Å². The lowest BCUT2D eigenvalue weighted by Gasteiger charge is -2.18. The molecule has 3 aromatic rings. The predicted molar refractivity (Wildman–Crippen MR) is 132 cm³/mol. The Balaban J connectivity index is 1.57. The Morgan fingerprint density at radius 1 is 1.13 bits per heavy atom. The first kappa shape index (κ1) is 20.4. The van der Waals surface area contributed by atoms with Crippen LogP contribution in [0.5, 0.6) is 0 Å². The average molecular weight is 475 g/mol. The van der Waals surface area contributed by atoms with Crippen molar-refractivity contribution in [3.05, 3.63) is 68.1 Å². The number of halogens is 2. The monoisotopic (exact) mass is 473 g/mol. The first-order chi connectivity index (χ1) is 14.6. The molecular weight excluding hydrogens is 451 g/mol. The summed E-state index contributed by atoms with van der Waals surface area (Å²) in [6.45, 7) is 6.26. The zero-order valence-electron chi connectivity index (χ0n) is 17.0. The van der Waals surface area contributed by atoms with E-state index in [1.54, 1.807) is 0 Å². The second kappa shape index (κ2) is 8.23. The Kier molecular flexibility index (Phi) is 5.61. The molecular formula is C24H23Cl2N2S2+. The number of aryl methyl sites for hydroxylation is 1. The maximum absolute atomic E-state index is 6.27. The lowest BCUT2D eigenvalue weighted by molar-refractivity contribution is -0.665. The summed E-state index contributed by atoms with van der Waals surface area (Å²) in [6.07, 6.45) is 7.34. The minimum Gasteiger partial charge on any atom is -0.335 e. The highest BCUT2D eigenvalue weighted by Gasteiger charge is 2.30. The summed E-state index contributed by atoms with van der Waals surface area (Å²) in [4.78, 5) is 3.66. The Bertz CT molecular complexity index is 1190. The van der Waals surface area contributed by atoms with Crippen molar-refractivity contribution in [3.8, 4) is 0 Å². The van der Waals surface area contributed by atoms with Crippen LogP contribution >= 0.6 is 46.3 Å². The smallest absolute Gasteiger partial charge is 0.263 e. The molecule has 0 amide bonds. The number of aromatic nitrogens is 1. The number of thiazole rings is 1. The van der Waals surface area contributed by atoms with E-state index in [1.165, 1.54) is 49.3 Å². The summed E-state index contributed by atoms with van der Waals surface area (Å²) in [5.41, 5.74) is 3.86. The molecule has 1 aliphatic carbocycles. The molecule has 1 aliphatic heterocycles. The van der Waals surface area contributed by atoms with E-state index in [-0.39, 0.29) is 0 Å². The van der Waals surface area contributed by atoms with Crippen LogP contribution in [0, 0.1) is 5.92 Å². The number of thioether (sulfide) groups is 1. The van der Waals surface area contributed by atoms with Crippen molar-refractivity contribution in [2.45, 2.75) is 38.1 Å². The van der Waals surface area contributed by atoms with Crippen LogP contribution in [0.4, 0.5) is 5.69 Å². The summed E-state index contributed by atoms with van der Waals surface area (Å²) in [5.74, 6) is 0.656. The minimum absolute atomic E-state index is 0.656. The average Bonchev–Trinajstić information content (AvgIpc) is 3.44. The highest BCUT2D eigenvalue weighted by molar-refractivity contribution is 8.03. The Labute approximate surface area is 195 Å².